The van der Waals surface area contributed by atoms with Crippen LogP contribution in [0.2, 0.25) is 0 Å². The molecule has 0 aliphatic heterocycles. The summed E-state index contributed by atoms with van der Waals surface area (Å²) in [6.45, 7) is 4.09. The maximum Gasteiger partial charge on any atom is 0.0701 e. The molecule has 1 heterocycles. The summed E-state index contributed by atoms with van der Waals surface area (Å²) < 4.78 is 7.26. The molecule has 1 aromatic heterocycles. The molecular formula is C17H26BrNOS. The van der Waals surface area contributed by atoms with Crippen molar-refractivity contribution in [3.05, 3.63) is 20.8 Å². The smallest absolute Gasteiger partial charge is 0.0701 e. The Bertz CT molecular complexity index is 455. The van der Waals surface area contributed by atoms with E-state index < -0.39 is 0 Å². The number of rotatable bonds is 6. The fourth-order valence-electron chi connectivity index (χ4n) is 4.21. The molecule has 2 aliphatic rings. The Balaban J connectivity index is 1.52. The molecule has 0 amide bonds. The van der Waals surface area contributed by atoms with E-state index in [1.807, 2.05) is 11.3 Å². The molecule has 1 aromatic rings. The molecule has 0 aromatic carbocycles. The minimum Gasteiger partial charge on any atom is -0.378 e. The molecule has 1 N–H and O–H groups in total. The summed E-state index contributed by atoms with van der Waals surface area (Å²) in [4.78, 5) is 1.47. The number of hydrogen-bond donors (Lipinski definition) is 1. The van der Waals surface area contributed by atoms with Gasteiger partial charge in [-0.05, 0) is 60.7 Å². The van der Waals surface area contributed by atoms with Gasteiger partial charge in [-0.1, -0.05) is 19.3 Å². The van der Waals surface area contributed by atoms with Gasteiger partial charge in [-0.2, -0.15) is 0 Å². The molecule has 2 saturated carbocycles. The highest BCUT2D eigenvalue weighted by Gasteiger charge is 2.55. The molecule has 4 heteroatoms. The largest absolute Gasteiger partial charge is 0.378 e. The number of nitrogens with one attached hydrogen (secondary N) is 1. The van der Waals surface area contributed by atoms with Crippen LogP contribution < -0.4 is 5.32 Å². The van der Waals surface area contributed by atoms with Gasteiger partial charge in [0, 0.05) is 29.5 Å². The van der Waals surface area contributed by atoms with Gasteiger partial charge in [-0.3, -0.25) is 0 Å². The Hall–Kier alpha value is 0.1000. The highest BCUT2D eigenvalue weighted by Crippen LogP contribution is 2.53. The predicted molar refractivity (Wildman–Crippen MR) is 93.1 cm³/mol. The number of halogens is 1. The molecule has 1 spiro atoms. The van der Waals surface area contributed by atoms with Crippen LogP contribution in [0.4, 0.5) is 0 Å². The number of hydrogen-bond acceptors (Lipinski definition) is 3. The van der Waals surface area contributed by atoms with E-state index >= 15 is 0 Å². The number of thiophene rings is 1. The summed E-state index contributed by atoms with van der Waals surface area (Å²) in [6, 6.07) is 5.06. The number of ether oxygens (including phenoxy) is 1. The minimum absolute atomic E-state index is 0.449. The first-order chi connectivity index (χ1) is 10.2. The Morgan fingerprint density at radius 2 is 2.14 bits per heavy atom. The third-order valence-corrected chi connectivity index (χ3v) is 7.01. The first kappa shape index (κ1) is 16.0. The summed E-state index contributed by atoms with van der Waals surface area (Å²) in [6.07, 6.45) is 9.77. The van der Waals surface area contributed by atoms with E-state index in [0.717, 1.165) is 19.6 Å². The van der Waals surface area contributed by atoms with Crippen molar-refractivity contribution in [2.75, 3.05) is 13.2 Å². The third-order valence-electron chi connectivity index (χ3n) is 5.33. The zero-order chi connectivity index (χ0) is 14.7. The molecule has 2 fully saturated rings. The Kier molecular flexibility index (Phi) is 5.41. The highest BCUT2D eigenvalue weighted by atomic mass is 79.9. The first-order valence-corrected chi connectivity index (χ1v) is 9.95. The summed E-state index contributed by atoms with van der Waals surface area (Å²) in [5.74, 6) is 0. The summed E-state index contributed by atoms with van der Waals surface area (Å²) in [5, 5.41) is 3.84. The second kappa shape index (κ2) is 7.12. The molecule has 0 saturated heterocycles. The van der Waals surface area contributed by atoms with Gasteiger partial charge in [0.05, 0.1) is 9.89 Å². The van der Waals surface area contributed by atoms with Crippen molar-refractivity contribution < 1.29 is 4.74 Å². The van der Waals surface area contributed by atoms with E-state index in [2.05, 4.69) is 40.3 Å². The normalized spacial score (nSPS) is 27.7. The molecule has 2 atom stereocenters. The molecular weight excluding hydrogens is 346 g/mol. The Labute approximate surface area is 140 Å². The van der Waals surface area contributed by atoms with E-state index in [-0.39, 0.29) is 0 Å². The van der Waals surface area contributed by atoms with Crippen molar-refractivity contribution in [1.82, 2.24) is 5.32 Å². The fourth-order valence-corrected chi connectivity index (χ4v) is 5.69. The quantitative estimate of drug-likeness (QED) is 0.777. The second-order valence-corrected chi connectivity index (χ2v) is 8.98. The molecule has 0 bridgehead atoms. The second-order valence-electron chi connectivity index (χ2n) is 6.44. The Morgan fingerprint density at radius 1 is 1.33 bits per heavy atom. The van der Waals surface area contributed by atoms with Crippen LogP contribution in [0.3, 0.4) is 0 Å². The topological polar surface area (TPSA) is 21.3 Å². The summed E-state index contributed by atoms with van der Waals surface area (Å²) >= 11 is 5.39. The molecule has 2 aliphatic carbocycles. The van der Waals surface area contributed by atoms with Crippen LogP contribution >= 0.6 is 27.3 Å². The molecule has 2 unspecified atom stereocenters. The lowest BCUT2D eigenvalue weighted by Crippen LogP contribution is -2.64. The van der Waals surface area contributed by atoms with Gasteiger partial charge >= 0.3 is 0 Å². The lowest BCUT2D eigenvalue weighted by Gasteiger charge is -2.58. The molecule has 21 heavy (non-hydrogen) atoms. The first-order valence-electron chi connectivity index (χ1n) is 8.34. The standard InChI is InChI=1S/C17H26BrNOS/c1-2-20-15-12-14(17(15)9-4-3-5-10-17)19-11-8-13-6-7-16(18)21-13/h6-7,14-15,19H,2-5,8-12H2,1H3. The predicted octanol–water partition coefficient (Wildman–Crippen LogP) is 4.77. The minimum atomic E-state index is 0.449. The van der Waals surface area contributed by atoms with E-state index in [4.69, 9.17) is 4.74 Å². The zero-order valence-corrected chi connectivity index (χ0v) is 15.3. The van der Waals surface area contributed by atoms with Crippen LogP contribution in [0.15, 0.2) is 15.9 Å². The molecule has 0 radical (unpaired) electrons. The van der Waals surface area contributed by atoms with Gasteiger partial charge < -0.3 is 10.1 Å². The van der Waals surface area contributed by atoms with Crippen molar-refractivity contribution in [2.45, 2.75) is 64.0 Å². The third kappa shape index (κ3) is 3.39. The molecule has 2 nitrogen and oxygen atoms in total. The molecule has 3 rings (SSSR count). The maximum absolute atomic E-state index is 6.03. The maximum atomic E-state index is 6.03. The van der Waals surface area contributed by atoms with E-state index in [9.17, 15) is 0 Å². The summed E-state index contributed by atoms with van der Waals surface area (Å²) in [7, 11) is 0. The van der Waals surface area contributed by atoms with Crippen molar-refractivity contribution in [2.24, 2.45) is 5.41 Å². The Morgan fingerprint density at radius 3 is 2.81 bits per heavy atom. The monoisotopic (exact) mass is 371 g/mol. The average Bonchev–Trinajstić information content (AvgIpc) is 2.92. The van der Waals surface area contributed by atoms with Crippen LogP contribution in [0.1, 0.15) is 50.3 Å². The summed E-state index contributed by atoms with van der Waals surface area (Å²) in [5.41, 5.74) is 0.449. The van der Waals surface area contributed by atoms with Crippen molar-refractivity contribution in [3.8, 4) is 0 Å². The van der Waals surface area contributed by atoms with E-state index in [1.165, 1.54) is 47.2 Å². The lowest BCUT2D eigenvalue weighted by molar-refractivity contribution is -0.149. The van der Waals surface area contributed by atoms with Crippen LogP contribution in [0.25, 0.3) is 0 Å². The van der Waals surface area contributed by atoms with Crippen LogP contribution in [-0.2, 0) is 11.2 Å². The fraction of sp³-hybridized carbons (Fsp3) is 0.765. The highest BCUT2D eigenvalue weighted by molar-refractivity contribution is 9.11. The van der Waals surface area contributed by atoms with Crippen LogP contribution in [0.5, 0.6) is 0 Å². The van der Waals surface area contributed by atoms with Gasteiger partial charge in [0.2, 0.25) is 0 Å². The zero-order valence-electron chi connectivity index (χ0n) is 12.9. The van der Waals surface area contributed by atoms with Crippen molar-refractivity contribution >= 4 is 27.3 Å². The van der Waals surface area contributed by atoms with E-state index in [0.29, 0.717) is 17.6 Å². The van der Waals surface area contributed by atoms with Gasteiger partial charge in [-0.15, -0.1) is 11.3 Å². The SMILES string of the molecule is CCOC1CC(NCCc2ccc(Br)s2)C12CCCCC2. The van der Waals surface area contributed by atoms with Crippen molar-refractivity contribution in [1.29, 1.82) is 0 Å². The van der Waals surface area contributed by atoms with Gasteiger partial charge in [0.25, 0.3) is 0 Å². The van der Waals surface area contributed by atoms with Gasteiger partial charge in [0.1, 0.15) is 0 Å². The van der Waals surface area contributed by atoms with Gasteiger partial charge in [0.15, 0.2) is 0 Å². The van der Waals surface area contributed by atoms with Gasteiger partial charge in [-0.25, -0.2) is 0 Å². The van der Waals surface area contributed by atoms with E-state index in [1.54, 1.807) is 0 Å². The lowest BCUT2D eigenvalue weighted by atomic mass is 9.55. The average molecular weight is 372 g/mol. The molecule has 118 valence electrons. The van der Waals surface area contributed by atoms with Crippen molar-refractivity contribution in [3.63, 3.8) is 0 Å². The van der Waals surface area contributed by atoms with Crippen LogP contribution in [0, 0.1) is 5.41 Å². The van der Waals surface area contributed by atoms with Crippen LogP contribution in [-0.4, -0.2) is 25.3 Å².